The van der Waals surface area contributed by atoms with Crippen LogP contribution in [0.3, 0.4) is 0 Å². The molecule has 1 unspecified atom stereocenters. The van der Waals surface area contributed by atoms with Gasteiger partial charge in [-0.15, -0.1) is 0 Å². The second kappa shape index (κ2) is 9.59. The van der Waals surface area contributed by atoms with E-state index in [4.69, 9.17) is 27.9 Å². The molecular weight excluding hydrogens is 409 g/mol. The van der Waals surface area contributed by atoms with E-state index in [1.165, 1.54) is 0 Å². The molecular formula is C23H19Cl2NO3. The van der Waals surface area contributed by atoms with Crippen LogP contribution in [0.25, 0.3) is 0 Å². The SMILES string of the molecule is Cc1ccc(NC(=O)C(OC(=O)Cc2ccc(Cl)cc2)c2ccccc2)cc1Cl. The summed E-state index contributed by atoms with van der Waals surface area (Å²) < 4.78 is 5.54. The van der Waals surface area contributed by atoms with E-state index in [9.17, 15) is 9.59 Å². The highest BCUT2D eigenvalue weighted by molar-refractivity contribution is 6.31. The van der Waals surface area contributed by atoms with Gasteiger partial charge in [-0.3, -0.25) is 9.59 Å². The molecule has 0 aliphatic rings. The van der Waals surface area contributed by atoms with Crippen molar-refractivity contribution < 1.29 is 14.3 Å². The number of ether oxygens (including phenoxy) is 1. The summed E-state index contributed by atoms with van der Waals surface area (Å²) in [5, 5.41) is 3.89. The average Bonchev–Trinajstić information content (AvgIpc) is 2.71. The van der Waals surface area contributed by atoms with Gasteiger partial charge in [0.15, 0.2) is 0 Å². The Kier molecular flexibility index (Phi) is 6.91. The van der Waals surface area contributed by atoms with E-state index in [0.29, 0.717) is 21.3 Å². The van der Waals surface area contributed by atoms with Crippen molar-refractivity contribution in [1.82, 2.24) is 0 Å². The van der Waals surface area contributed by atoms with Gasteiger partial charge in [0.2, 0.25) is 6.10 Å². The standard InChI is InChI=1S/C23H19Cl2NO3/c1-15-7-12-19(14-20(15)25)26-23(28)22(17-5-3-2-4-6-17)29-21(27)13-16-8-10-18(24)11-9-16/h2-12,14,22H,13H2,1H3,(H,26,28). The van der Waals surface area contributed by atoms with Crippen LogP contribution in [0.1, 0.15) is 22.8 Å². The first kappa shape index (κ1) is 20.9. The van der Waals surface area contributed by atoms with Crippen LogP contribution in [0.15, 0.2) is 72.8 Å². The number of halogens is 2. The molecule has 1 amide bonds. The zero-order chi connectivity index (χ0) is 20.8. The Hall–Kier alpha value is -2.82. The molecule has 0 saturated carbocycles. The second-order valence-corrected chi connectivity index (χ2v) is 7.38. The van der Waals surface area contributed by atoms with Crippen LogP contribution in [0.5, 0.6) is 0 Å². The minimum atomic E-state index is -1.09. The van der Waals surface area contributed by atoms with Crippen molar-refractivity contribution >= 4 is 40.8 Å². The maximum atomic E-state index is 12.9. The molecule has 0 aliphatic carbocycles. The second-order valence-electron chi connectivity index (χ2n) is 6.54. The molecule has 0 saturated heterocycles. The summed E-state index contributed by atoms with van der Waals surface area (Å²) in [4.78, 5) is 25.4. The van der Waals surface area contributed by atoms with E-state index in [-0.39, 0.29) is 6.42 Å². The van der Waals surface area contributed by atoms with E-state index >= 15 is 0 Å². The van der Waals surface area contributed by atoms with Gasteiger partial charge in [-0.25, -0.2) is 0 Å². The maximum absolute atomic E-state index is 12.9. The summed E-state index contributed by atoms with van der Waals surface area (Å²) in [5.41, 5.74) is 2.75. The number of nitrogens with one attached hydrogen (secondary N) is 1. The zero-order valence-electron chi connectivity index (χ0n) is 15.7. The largest absolute Gasteiger partial charge is 0.447 e. The minimum absolute atomic E-state index is 0.0319. The third-order valence-electron chi connectivity index (χ3n) is 4.29. The van der Waals surface area contributed by atoms with Crippen molar-refractivity contribution in [2.24, 2.45) is 0 Å². The lowest BCUT2D eigenvalue weighted by Crippen LogP contribution is -2.26. The molecule has 0 spiro atoms. The lowest BCUT2D eigenvalue weighted by Gasteiger charge is -2.18. The zero-order valence-corrected chi connectivity index (χ0v) is 17.2. The molecule has 3 rings (SSSR count). The first-order valence-electron chi connectivity index (χ1n) is 8.98. The number of hydrogen-bond donors (Lipinski definition) is 1. The summed E-state index contributed by atoms with van der Waals surface area (Å²) in [6, 6.07) is 21.0. The third-order valence-corrected chi connectivity index (χ3v) is 4.95. The normalized spacial score (nSPS) is 11.6. The Morgan fingerprint density at radius 2 is 1.66 bits per heavy atom. The monoisotopic (exact) mass is 427 g/mol. The molecule has 0 aliphatic heterocycles. The first-order chi connectivity index (χ1) is 13.9. The van der Waals surface area contributed by atoms with Gasteiger partial charge in [-0.1, -0.05) is 71.7 Å². The molecule has 3 aromatic carbocycles. The van der Waals surface area contributed by atoms with Crippen LogP contribution < -0.4 is 5.32 Å². The molecule has 0 fully saturated rings. The molecule has 6 heteroatoms. The predicted octanol–water partition coefficient (Wildman–Crippen LogP) is 5.77. The molecule has 4 nitrogen and oxygen atoms in total. The summed E-state index contributed by atoms with van der Waals surface area (Å²) in [7, 11) is 0. The molecule has 1 N–H and O–H groups in total. The highest BCUT2D eigenvalue weighted by atomic mass is 35.5. The Labute approximate surface area is 179 Å². The number of hydrogen-bond acceptors (Lipinski definition) is 3. The van der Waals surface area contributed by atoms with Crippen LogP contribution >= 0.6 is 23.2 Å². The van der Waals surface area contributed by atoms with Crippen molar-refractivity contribution in [2.75, 3.05) is 5.32 Å². The molecule has 29 heavy (non-hydrogen) atoms. The number of amides is 1. The van der Waals surface area contributed by atoms with Crippen molar-refractivity contribution in [3.05, 3.63) is 99.5 Å². The quantitative estimate of drug-likeness (QED) is 0.508. The average molecular weight is 428 g/mol. The predicted molar refractivity (Wildman–Crippen MR) is 115 cm³/mol. The molecule has 0 radical (unpaired) electrons. The summed E-state index contributed by atoms with van der Waals surface area (Å²) in [6.45, 7) is 1.87. The highest BCUT2D eigenvalue weighted by Crippen LogP contribution is 2.24. The molecule has 3 aromatic rings. The minimum Gasteiger partial charge on any atom is -0.447 e. The fourth-order valence-corrected chi connectivity index (χ4v) is 3.03. The lowest BCUT2D eigenvalue weighted by atomic mass is 10.1. The van der Waals surface area contributed by atoms with Gasteiger partial charge in [-0.2, -0.15) is 0 Å². The third kappa shape index (κ3) is 5.83. The van der Waals surface area contributed by atoms with Crippen molar-refractivity contribution in [1.29, 1.82) is 0 Å². The Morgan fingerprint density at radius 1 is 0.966 bits per heavy atom. The fourth-order valence-electron chi connectivity index (χ4n) is 2.72. The Morgan fingerprint density at radius 3 is 2.31 bits per heavy atom. The topological polar surface area (TPSA) is 55.4 Å². The van der Waals surface area contributed by atoms with E-state index in [1.54, 1.807) is 60.7 Å². The van der Waals surface area contributed by atoms with Gasteiger partial charge in [0.1, 0.15) is 0 Å². The number of carbonyl (C=O) groups excluding carboxylic acids is 2. The number of benzene rings is 3. The molecule has 0 bridgehead atoms. The summed E-state index contributed by atoms with van der Waals surface area (Å²) in [5.74, 6) is -0.973. The number of rotatable bonds is 6. The van der Waals surface area contributed by atoms with E-state index in [2.05, 4.69) is 5.32 Å². The summed E-state index contributed by atoms with van der Waals surface area (Å²) in [6.07, 6.45) is -1.06. The van der Waals surface area contributed by atoms with Crippen LogP contribution in [0, 0.1) is 6.92 Å². The number of anilines is 1. The molecule has 0 aromatic heterocycles. The fraction of sp³-hybridized carbons (Fsp3) is 0.130. The van der Waals surface area contributed by atoms with Crippen molar-refractivity contribution in [2.45, 2.75) is 19.4 Å². The van der Waals surface area contributed by atoms with Crippen LogP contribution in [-0.2, 0) is 20.7 Å². The van der Waals surface area contributed by atoms with Crippen molar-refractivity contribution in [3.63, 3.8) is 0 Å². The van der Waals surface area contributed by atoms with Crippen LogP contribution in [-0.4, -0.2) is 11.9 Å². The Bertz CT molecular complexity index is 1000. The van der Waals surface area contributed by atoms with Gasteiger partial charge >= 0.3 is 5.97 Å². The number of esters is 1. The van der Waals surface area contributed by atoms with E-state index in [1.807, 2.05) is 19.1 Å². The van der Waals surface area contributed by atoms with Gasteiger partial charge in [0.05, 0.1) is 6.42 Å². The number of carbonyl (C=O) groups is 2. The van der Waals surface area contributed by atoms with Crippen LogP contribution in [0.4, 0.5) is 5.69 Å². The van der Waals surface area contributed by atoms with E-state index in [0.717, 1.165) is 11.1 Å². The van der Waals surface area contributed by atoms with Gasteiger partial charge in [-0.05, 0) is 42.3 Å². The Balaban J connectivity index is 1.77. The number of aryl methyl sites for hydroxylation is 1. The molecule has 148 valence electrons. The maximum Gasteiger partial charge on any atom is 0.311 e. The van der Waals surface area contributed by atoms with E-state index < -0.39 is 18.0 Å². The first-order valence-corrected chi connectivity index (χ1v) is 9.74. The van der Waals surface area contributed by atoms with Gasteiger partial charge in [0, 0.05) is 21.3 Å². The molecule has 0 heterocycles. The molecule has 1 atom stereocenters. The lowest BCUT2D eigenvalue weighted by molar-refractivity contribution is -0.154. The van der Waals surface area contributed by atoms with Crippen molar-refractivity contribution in [3.8, 4) is 0 Å². The highest BCUT2D eigenvalue weighted by Gasteiger charge is 2.25. The smallest absolute Gasteiger partial charge is 0.311 e. The van der Waals surface area contributed by atoms with Crippen LogP contribution in [0.2, 0.25) is 10.0 Å². The van der Waals surface area contributed by atoms with Gasteiger partial charge < -0.3 is 10.1 Å². The van der Waals surface area contributed by atoms with Gasteiger partial charge in [0.25, 0.3) is 5.91 Å². The summed E-state index contributed by atoms with van der Waals surface area (Å²) >= 11 is 12.0.